The van der Waals surface area contributed by atoms with E-state index in [9.17, 15) is 17.8 Å². The number of hydrogen-bond donors (Lipinski definition) is 1. The summed E-state index contributed by atoms with van der Waals surface area (Å²) < 4.78 is 32.6. The lowest BCUT2D eigenvalue weighted by Gasteiger charge is -2.32. The Kier molecular flexibility index (Phi) is 5.49. The van der Waals surface area contributed by atoms with Crippen LogP contribution in [-0.4, -0.2) is 55.5 Å². The molecule has 1 aromatic carbocycles. The van der Waals surface area contributed by atoms with Crippen molar-refractivity contribution in [2.24, 2.45) is 0 Å². The maximum absolute atomic E-state index is 10.7. The molecule has 0 unspecified atom stereocenters. The highest BCUT2D eigenvalue weighted by molar-refractivity contribution is 7.85. The second-order valence-corrected chi connectivity index (χ2v) is 7.17. The van der Waals surface area contributed by atoms with E-state index in [1.165, 1.54) is 19.1 Å². The Labute approximate surface area is 125 Å². The molecule has 1 aromatic rings. The standard InChI is InChI=1S/C7H14NO.C7H8O4S/c1-8(2)5-3-7(9)4-6-8;1-5-2-3-6(8)4-7(5)12(9,10)11/h3-6H2,1-2H3;2-4,8H,1H3,(H,9,10,11)/q+1;/p-1. The van der Waals surface area contributed by atoms with Gasteiger partial charge < -0.3 is 14.1 Å². The van der Waals surface area contributed by atoms with Gasteiger partial charge in [-0.05, 0) is 24.6 Å². The number of hydrogen-bond acceptors (Lipinski definition) is 5. The number of likely N-dealkylation sites (tertiary alicyclic amines) is 1. The Morgan fingerprint density at radius 1 is 1.19 bits per heavy atom. The van der Waals surface area contributed by atoms with E-state index >= 15 is 0 Å². The molecule has 7 heteroatoms. The summed E-state index contributed by atoms with van der Waals surface area (Å²) in [5.41, 5.74) is 0.336. The molecule has 1 saturated heterocycles. The van der Waals surface area contributed by atoms with E-state index < -0.39 is 10.1 Å². The van der Waals surface area contributed by atoms with Crippen molar-refractivity contribution in [3.05, 3.63) is 23.8 Å². The minimum absolute atomic E-state index is 0.227. The summed E-state index contributed by atoms with van der Waals surface area (Å²) in [5.74, 6) is 0.211. The number of aromatic hydroxyl groups is 1. The topological polar surface area (TPSA) is 94.5 Å². The highest BCUT2D eigenvalue weighted by Crippen LogP contribution is 2.19. The smallest absolute Gasteiger partial charge is 0.144 e. The molecule has 0 aromatic heterocycles. The molecule has 1 fully saturated rings. The molecule has 0 saturated carbocycles. The quantitative estimate of drug-likeness (QED) is 0.617. The Morgan fingerprint density at radius 3 is 2.10 bits per heavy atom. The second-order valence-electron chi connectivity index (χ2n) is 5.83. The first-order chi connectivity index (χ1) is 9.51. The van der Waals surface area contributed by atoms with Crippen LogP contribution in [0.3, 0.4) is 0 Å². The molecule has 1 aliphatic heterocycles. The maximum atomic E-state index is 10.7. The molecule has 1 N–H and O–H groups in total. The summed E-state index contributed by atoms with van der Waals surface area (Å²) >= 11 is 0. The molecule has 6 nitrogen and oxygen atoms in total. The van der Waals surface area contributed by atoms with Crippen LogP contribution in [0.5, 0.6) is 5.75 Å². The van der Waals surface area contributed by atoms with Crippen molar-refractivity contribution < 1.29 is 27.4 Å². The number of ketones is 1. The fourth-order valence-electron chi connectivity index (χ4n) is 1.95. The van der Waals surface area contributed by atoms with Crippen LogP contribution in [-0.2, 0) is 14.9 Å². The van der Waals surface area contributed by atoms with Gasteiger partial charge in [0.05, 0.1) is 44.9 Å². The number of quaternary nitrogens is 1. The zero-order valence-corrected chi connectivity index (χ0v) is 13.3. The van der Waals surface area contributed by atoms with Crippen molar-refractivity contribution in [1.29, 1.82) is 0 Å². The summed E-state index contributed by atoms with van der Waals surface area (Å²) in [6.45, 7) is 3.54. The van der Waals surface area contributed by atoms with Gasteiger partial charge in [0.1, 0.15) is 21.7 Å². The molecule has 1 heterocycles. The lowest BCUT2D eigenvalue weighted by Crippen LogP contribution is -2.46. The van der Waals surface area contributed by atoms with Crippen LogP contribution in [0.2, 0.25) is 0 Å². The number of phenols is 1. The SMILES string of the molecule is C[N+]1(C)CCC(=O)CC1.Cc1ccc(O)cc1S(=O)(=O)[O-]. The normalized spacial score (nSPS) is 17.8. The molecule has 0 radical (unpaired) electrons. The molecule has 21 heavy (non-hydrogen) atoms. The monoisotopic (exact) mass is 315 g/mol. The third-order valence-corrected chi connectivity index (χ3v) is 4.41. The largest absolute Gasteiger partial charge is 0.744 e. The lowest BCUT2D eigenvalue weighted by atomic mass is 10.1. The number of phenolic OH excluding ortho intramolecular Hbond substituents is 1. The van der Waals surface area contributed by atoms with Gasteiger partial charge in [-0.1, -0.05) is 6.07 Å². The molecule has 118 valence electrons. The molecule has 0 atom stereocenters. The number of rotatable bonds is 1. The maximum Gasteiger partial charge on any atom is 0.144 e. The van der Waals surface area contributed by atoms with Crippen LogP contribution >= 0.6 is 0 Å². The van der Waals surface area contributed by atoms with Crippen LogP contribution in [0.1, 0.15) is 18.4 Å². The molecular weight excluding hydrogens is 294 g/mol. The van der Waals surface area contributed by atoms with Crippen molar-refractivity contribution in [2.75, 3.05) is 27.2 Å². The van der Waals surface area contributed by atoms with Crippen molar-refractivity contribution >= 4 is 15.9 Å². The molecule has 0 aliphatic carbocycles. The average Bonchev–Trinajstić information content (AvgIpc) is 2.36. The van der Waals surface area contributed by atoms with Crippen LogP contribution < -0.4 is 0 Å². The van der Waals surface area contributed by atoms with Gasteiger partial charge in [-0.2, -0.15) is 0 Å². The van der Waals surface area contributed by atoms with Gasteiger partial charge in [-0.15, -0.1) is 0 Å². The predicted molar refractivity (Wildman–Crippen MR) is 76.9 cm³/mol. The Hall–Kier alpha value is -1.44. The van der Waals surface area contributed by atoms with Gasteiger partial charge in [0, 0.05) is 0 Å². The van der Waals surface area contributed by atoms with Crippen molar-refractivity contribution in [2.45, 2.75) is 24.7 Å². The van der Waals surface area contributed by atoms with Crippen LogP contribution in [0.25, 0.3) is 0 Å². The van der Waals surface area contributed by atoms with Gasteiger partial charge >= 0.3 is 0 Å². The van der Waals surface area contributed by atoms with E-state index in [4.69, 9.17) is 5.11 Å². The van der Waals surface area contributed by atoms with Gasteiger partial charge in [0.15, 0.2) is 0 Å². The van der Waals surface area contributed by atoms with Gasteiger partial charge in [-0.3, -0.25) is 4.79 Å². The number of nitrogens with zero attached hydrogens (tertiary/aromatic N) is 1. The average molecular weight is 315 g/mol. The van der Waals surface area contributed by atoms with E-state index in [0.29, 0.717) is 11.3 Å². The molecular formula is C14H21NO5S. The zero-order chi connectivity index (χ0) is 16.3. The Bertz CT molecular complexity index is 610. The fraction of sp³-hybridized carbons (Fsp3) is 0.500. The third-order valence-electron chi connectivity index (χ3n) is 3.43. The van der Waals surface area contributed by atoms with Crippen LogP contribution in [0.4, 0.5) is 0 Å². The first-order valence-corrected chi connectivity index (χ1v) is 8.01. The summed E-state index contributed by atoms with van der Waals surface area (Å²) in [4.78, 5) is 10.4. The molecule has 0 spiro atoms. The van der Waals surface area contributed by atoms with E-state index in [0.717, 1.165) is 36.5 Å². The van der Waals surface area contributed by atoms with E-state index in [2.05, 4.69) is 14.1 Å². The van der Waals surface area contributed by atoms with Crippen LogP contribution in [0.15, 0.2) is 23.1 Å². The number of piperidine rings is 1. The van der Waals surface area contributed by atoms with Crippen molar-refractivity contribution in [3.8, 4) is 5.75 Å². The second kappa shape index (κ2) is 6.55. The summed E-state index contributed by atoms with van der Waals surface area (Å²) in [6, 6.07) is 3.64. The summed E-state index contributed by atoms with van der Waals surface area (Å²) in [6.07, 6.45) is 1.57. The fourth-order valence-corrected chi connectivity index (χ4v) is 2.68. The Morgan fingerprint density at radius 2 is 1.71 bits per heavy atom. The zero-order valence-electron chi connectivity index (χ0n) is 12.5. The molecule has 0 amide bonds. The minimum atomic E-state index is -4.47. The lowest BCUT2D eigenvalue weighted by molar-refractivity contribution is -0.891. The number of carbonyl (C=O) groups excluding carboxylic acids is 1. The Balaban J connectivity index is 0.000000219. The molecule has 2 rings (SSSR count). The van der Waals surface area contributed by atoms with E-state index in [1.54, 1.807) is 0 Å². The number of aryl methyl sites for hydroxylation is 1. The first-order valence-electron chi connectivity index (χ1n) is 6.60. The highest BCUT2D eigenvalue weighted by Gasteiger charge is 2.23. The number of benzene rings is 1. The van der Waals surface area contributed by atoms with Crippen LogP contribution in [0, 0.1) is 6.92 Å². The minimum Gasteiger partial charge on any atom is -0.744 e. The van der Waals surface area contributed by atoms with Crippen molar-refractivity contribution in [1.82, 2.24) is 0 Å². The first kappa shape index (κ1) is 17.6. The van der Waals surface area contributed by atoms with Gasteiger partial charge in [0.2, 0.25) is 0 Å². The molecule has 0 bridgehead atoms. The summed E-state index contributed by atoms with van der Waals surface area (Å²) in [7, 11) is -0.120. The molecule has 1 aliphatic rings. The summed E-state index contributed by atoms with van der Waals surface area (Å²) in [5, 5.41) is 8.90. The highest BCUT2D eigenvalue weighted by atomic mass is 32.2. The third kappa shape index (κ3) is 5.82. The van der Waals surface area contributed by atoms with E-state index in [1.807, 2.05) is 0 Å². The van der Waals surface area contributed by atoms with E-state index in [-0.39, 0.29) is 10.6 Å². The van der Waals surface area contributed by atoms with Crippen molar-refractivity contribution in [3.63, 3.8) is 0 Å². The predicted octanol–water partition coefficient (Wildman–Crippen LogP) is 1.03. The van der Waals surface area contributed by atoms with Gasteiger partial charge in [-0.25, -0.2) is 8.42 Å². The van der Waals surface area contributed by atoms with Gasteiger partial charge in [0.25, 0.3) is 0 Å². The number of carbonyl (C=O) groups is 1. The number of Topliss-reactive ketones (excluding diaryl/α,β-unsaturated/α-hetero) is 1.